The Morgan fingerprint density at radius 2 is 1.77 bits per heavy atom. The fraction of sp³-hybridized carbons (Fsp3) is 0.682. The molecule has 2 rings (SSSR count). The van der Waals surface area contributed by atoms with Crippen molar-refractivity contribution in [2.24, 2.45) is 0 Å². The highest BCUT2D eigenvalue weighted by molar-refractivity contribution is 5.94. The maximum atomic E-state index is 12.8. The normalized spacial score (nSPS) is 19.9. The van der Waals surface area contributed by atoms with E-state index >= 15 is 0 Å². The number of fused-ring (bicyclic) bond motifs is 1. The monoisotopic (exact) mass is 361 g/mol. The van der Waals surface area contributed by atoms with Crippen molar-refractivity contribution < 1.29 is 14.3 Å². The van der Waals surface area contributed by atoms with Crippen LogP contribution in [0, 0.1) is 20.8 Å². The van der Waals surface area contributed by atoms with E-state index in [4.69, 9.17) is 9.47 Å². The number of rotatable bonds is 4. The predicted octanol–water partition coefficient (Wildman–Crippen LogP) is 4.60. The summed E-state index contributed by atoms with van der Waals surface area (Å²) in [6.07, 6.45) is 2.89. The topological polar surface area (TPSA) is 38.8 Å². The fourth-order valence-electron chi connectivity index (χ4n) is 3.58. The number of carbonyl (C=O) groups excluding carboxylic acids is 1. The van der Waals surface area contributed by atoms with Crippen LogP contribution in [0.25, 0.3) is 0 Å². The number of nitrogens with zero attached hydrogens (tertiary/aromatic N) is 1. The van der Waals surface area contributed by atoms with E-state index in [0.717, 1.165) is 53.8 Å². The summed E-state index contributed by atoms with van der Waals surface area (Å²) in [4.78, 5) is 15.0. The first kappa shape index (κ1) is 20.8. The average Bonchev–Trinajstić information content (AvgIpc) is 2.49. The molecule has 1 heterocycles. The Labute approximate surface area is 158 Å². The van der Waals surface area contributed by atoms with E-state index in [9.17, 15) is 4.79 Å². The standard InChI is InChI=1S/C22H35NO3/c1-14-15(2)19-17(10-11-22(7,25-19)12-13-23(8)9)16(3)18(14)20(24)26-21(4,5)6/h10-13H2,1-9H3. The summed E-state index contributed by atoms with van der Waals surface area (Å²) in [6, 6.07) is 0. The van der Waals surface area contributed by atoms with E-state index in [1.165, 1.54) is 0 Å². The molecule has 0 radical (unpaired) electrons. The molecular weight excluding hydrogens is 326 g/mol. The molecular formula is C22H35NO3. The summed E-state index contributed by atoms with van der Waals surface area (Å²) in [5, 5.41) is 0. The van der Waals surface area contributed by atoms with Crippen molar-refractivity contribution in [2.45, 2.75) is 78.9 Å². The number of carbonyl (C=O) groups is 1. The molecule has 1 aliphatic rings. The van der Waals surface area contributed by atoms with E-state index in [-0.39, 0.29) is 11.6 Å². The Balaban J connectivity index is 2.41. The highest BCUT2D eigenvalue weighted by atomic mass is 16.6. The third kappa shape index (κ3) is 4.40. The van der Waals surface area contributed by atoms with Gasteiger partial charge in [-0.2, -0.15) is 0 Å². The maximum Gasteiger partial charge on any atom is 0.339 e. The van der Waals surface area contributed by atoms with Crippen LogP contribution >= 0.6 is 0 Å². The molecule has 0 saturated heterocycles. The third-order valence-electron chi connectivity index (χ3n) is 5.32. The van der Waals surface area contributed by atoms with Gasteiger partial charge in [0.05, 0.1) is 5.56 Å². The minimum Gasteiger partial charge on any atom is -0.487 e. The lowest BCUT2D eigenvalue weighted by atomic mass is 9.83. The number of hydrogen-bond acceptors (Lipinski definition) is 4. The number of esters is 1. The van der Waals surface area contributed by atoms with Crippen molar-refractivity contribution >= 4 is 5.97 Å². The molecule has 0 amide bonds. The largest absolute Gasteiger partial charge is 0.487 e. The van der Waals surface area contributed by atoms with Gasteiger partial charge in [0.25, 0.3) is 0 Å². The second-order valence-electron chi connectivity index (χ2n) is 9.16. The zero-order valence-corrected chi connectivity index (χ0v) is 18.0. The van der Waals surface area contributed by atoms with Gasteiger partial charge in [0.2, 0.25) is 0 Å². The Kier molecular flexibility index (Phi) is 5.77. The molecule has 4 heteroatoms. The van der Waals surface area contributed by atoms with Gasteiger partial charge in [0.1, 0.15) is 17.0 Å². The lowest BCUT2D eigenvalue weighted by molar-refractivity contribution is 0.00670. The Morgan fingerprint density at radius 3 is 2.31 bits per heavy atom. The average molecular weight is 362 g/mol. The Hall–Kier alpha value is -1.55. The Bertz CT molecular complexity index is 701. The first-order valence-electron chi connectivity index (χ1n) is 9.54. The molecule has 1 unspecified atom stereocenters. The van der Waals surface area contributed by atoms with E-state index in [0.29, 0.717) is 5.56 Å². The number of ether oxygens (including phenoxy) is 2. The molecule has 146 valence electrons. The minimum atomic E-state index is -0.499. The smallest absolute Gasteiger partial charge is 0.339 e. The highest BCUT2D eigenvalue weighted by Crippen LogP contribution is 2.42. The van der Waals surface area contributed by atoms with Crippen molar-refractivity contribution in [2.75, 3.05) is 20.6 Å². The van der Waals surface area contributed by atoms with Crippen LogP contribution in [-0.2, 0) is 11.2 Å². The van der Waals surface area contributed by atoms with Crippen molar-refractivity contribution in [1.82, 2.24) is 4.90 Å². The number of hydrogen-bond donors (Lipinski definition) is 0. The molecule has 0 N–H and O–H groups in total. The fourth-order valence-corrected chi connectivity index (χ4v) is 3.58. The van der Waals surface area contributed by atoms with E-state index in [1.807, 2.05) is 34.6 Å². The van der Waals surface area contributed by atoms with Crippen LogP contribution in [0.3, 0.4) is 0 Å². The molecule has 1 aromatic rings. The molecule has 0 bridgehead atoms. The first-order valence-corrected chi connectivity index (χ1v) is 9.54. The Morgan fingerprint density at radius 1 is 1.15 bits per heavy atom. The molecule has 1 atom stereocenters. The first-order chi connectivity index (χ1) is 11.8. The van der Waals surface area contributed by atoms with Crippen LogP contribution in [0.4, 0.5) is 0 Å². The van der Waals surface area contributed by atoms with E-state index < -0.39 is 5.60 Å². The summed E-state index contributed by atoms with van der Waals surface area (Å²) < 4.78 is 12.2. The molecule has 4 nitrogen and oxygen atoms in total. The molecule has 0 saturated carbocycles. The molecule has 1 aromatic carbocycles. The molecule has 1 aliphatic heterocycles. The molecule has 0 fully saturated rings. The van der Waals surface area contributed by atoms with Crippen LogP contribution in [0.1, 0.15) is 73.1 Å². The minimum absolute atomic E-state index is 0.158. The van der Waals surface area contributed by atoms with Gasteiger partial charge in [-0.05, 0) is 104 Å². The SMILES string of the molecule is Cc1c(C)c(C(=O)OC(C)(C)C)c(C)c2c1OC(C)(CCN(C)C)CC2. The van der Waals surface area contributed by atoms with Gasteiger partial charge < -0.3 is 14.4 Å². The molecule has 0 spiro atoms. The van der Waals surface area contributed by atoms with Crippen molar-refractivity contribution in [3.63, 3.8) is 0 Å². The summed E-state index contributed by atoms with van der Waals surface area (Å²) >= 11 is 0. The van der Waals surface area contributed by atoms with Crippen molar-refractivity contribution in [3.05, 3.63) is 27.8 Å². The van der Waals surface area contributed by atoms with Crippen LogP contribution < -0.4 is 4.74 Å². The van der Waals surface area contributed by atoms with Gasteiger partial charge >= 0.3 is 5.97 Å². The zero-order valence-electron chi connectivity index (χ0n) is 18.0. The lowest BCUT2D eigenvalue weighted by Gasteiger charge is -2.39. The van der Waals surface area contributed by atoms with Crippen molar-refractivity contribution in [3.8, 4) is 5.75 Å². The quantitative estimate of drug-likeness (QED) is 0.735. The van der Waals surface area contributed by atoms with Gasteiger partial charge in [-0.15, -0.1) is 0 Å². The zero-order chi connectivity index (χ0) is 19.9. The third-order valence-corrected chi connectivity index (χ3v) is 5.32. The second-order valence-corrected chi connectivity index (χ2v) is 9.16. The van der Waals surface area contributed by atoms with Crippen LogP contribution in [0.5, 0.6) is 5.75 Å². The van der Waals surface area contributed by atoms with Crippen LogP contribution in [0.2, 0.25) is 0 Å². The van der Waals surface area contributed by atoms with Gasteiger partial charge in [-0.25, -0.2) is 4.79 Å². The summed E-state index contributed by atoms with van der Waals surface area (Å²) in [6.45, 7) is 15.0. The predicted molar refractivity (Wildman–Crippen MR) is 106 cm³/mol. The van der Waals surface area contributed by atoms with Gasteiger partial charge in [0, 0.05) is 6.54 Å². The maximum absolute atomic E-state index is 12.8. The number of benzene rings is 1. The molecule has 0 aliphatic carbocycles. The van der Waals surface area contributed by atoms with E-state index in [2.05, 4.69) is 32.8 Å². The highest BCUT2D eigenvalue weighted by Gasteiger charge is 2.35. The second kappa shape index (κ2) is 7.22. The van der Waals surface area contributed by atoms with Crippen molar-refractivity contribution in [1.29, 1.82) is 0 Å². The van der Waals surface area contributed by atoms with Crippen LogP contribution in [-0.4, -0.2) is 42.7 Å². The van der Waals surface area contributed by atoms with Gasteiger partial charge in [-0.1, -0.05) is 0 Å². The summed E-state index contributed by atoms with van der Waals surface area (Å²) in [5.41, 5.74) is 4.24. The van der Waals surface area contributed by atoms with Gasteiger partial charge in [-0.3, -0.25) is 0 Å². The molecule has 26 heavy (non-hydrogen) atoms. The van der Waals surface area contributed by atoms with Gasteiger partial charge in [0.15, 0.2) is 0 Å². The molecule has 0 aromatic heterocycles. The van der Waals surface area contributed by atoms with Crippen LogP contribution in [0.15, 0.2) is 0 Å². The lowest BCUT2D eigenvalue weighted by Crippen LogP contribution is -2.40. The van der Waals surface area contributed by atoms with E-state index in [1.54, 1.807) is 0 Å². The summed E-state index contributed by atoms with van der Waals surface area (Å²) in [7, 11) is 4.18. The summed E-state index contributed by atoms with van der Waals surface area (Å²) in [5.74, 6) is 0.735.